The molecular formula is C18H23NO3. The summed E-state index contributed by atoms with van der Waals surface area (Å²) in [5.74, 6) is 0. The van der Waals surface area contributed by atoms with Crippen molar-refractivity contribution in [2.75, 3.05) is 13.1 Å². The molecule has 0 aromatic heterocycles. The van der Waals surface area contributed by atoms with Crippen LogP contribution in [0.25, 0.3) is 0 Å². The Morgan fingerprint density at radius 2 is 1.73 bits per heavy atom. The summed E-state index contributed by atoms with van der Waals surface area (Å²) in [6, 6.07) is 9.77. The summed E-state index contributed by atoms with van der Waals surface area (Å²) in [6.07, 6.45) is 8.63. The molecule has 2 aliphatic rings. The highest BCUT2D eigenvalue weighted by atomic mass is 16.6. The van der Waals surface area contributed by atoms with E-state index in [-0.39, 0.29) is 12.2 Å². The van der Waals surface area contributed by atoms with Crippen molar-refractivity contribution in [1.29, 1.82) is 0 Å². The number of ether oxygens (including phenoxy) is 2. The maximum atomic E-state index is 12.1. The number of likely N-dealkylation sites (tertiary alicyclic amines) is 1. The van der Waals surface area contributed by atoms with Gasteiger partial charge in [-0.05, 0) is 31.2 Å². The van der Waals surface area contributed by atoms with E-state index >= 15 is 0 Å². The molecule has 0 saturated carbocycles. The lowest BCUT2D eigenvalue weighted by molar-refractivity contribution is -0.0359. The Labute approximate surface area is 131 Å². The molecule has 1 saturated heterocycles. The average molecular weight is 301 g/mol. The molecule has 0 atom stereocenters. The van der Waals surface area contributed by atoms with Gasteiger partial charge in [-0.2, -0.15) is 0 Å². The molecule has 1 aromatic rings. The summed E-state index contributed by atoms with van der Waals surface area (Å²) in [5, 5.41) is 0. The fraction of sp³-hybridized carbons (Fsp3) is 0.500. The number of hydrogen-bond acceptors (Lipinski definition) is 3. The number of carbonyl (C=O) groups is 1. The molecule has 1 fully saturated rings. The quantitative estimate of drug-likeness (QED) is 0.799. The Morgan fingerprint density at radius 3 is 2.41 bits per heavy atom. The Kier molecular flexibility index (Phi) is 5.11. The first kappa shape index (κ1) is 15.1. The van der Waals surface area contributed by atoms with Gasteiger partial charge < -0.3 is 14.4 Å². The van der Waals surface area contributed by atoms with E-state index in [1.165, 1.54) is 0 Å². The number of amides is 1. The van der Waals surface area contributed by atoms with Gasteiger partial charge in [0.05, 0.1) is 12.2 Å². The van der Waals surface area contributed by atoms with Gasteiger partial charge in [0.25, 0.3) is 0 Å². The molecule has 1 amide bonds. The lowest BCUT2D eigenvalue weighted by Crippen LogP contribution is -2.41. The number of piperidine rings is 1. The van der Waals surface area contributed by atoms with Crippen molar-refractivity contribution in [3.63, 3.8) is 0 Å². The van der Waals surface area contributed by atoms with Crippen LogP contribution >= 0.6 is 0 Å². The molecule has 4 nitrogen and oxygen atoms in total. The Hall–Kier alpha value is -1.81. The molecule has 0 unspecified atom stereocenters. The van der Waals surface area contributed by atoms with E-state index in [0.29, 0.717) is 12.7 Å². The number of nitrogens with zero attached hydrogens (tertiary/aromatic N) is 1. The highest BCUT2D eigenvalue weighted by molar-refractivity contribution is 5.67. The lowest BCUT2D eigenvalue weighted by Gasteiger charge is -2.32. The van der Waals surface area contributed by atoms with Crippen LogP contribution in [0.2, 0.25) is 0 Å². The van der Waals surface area contributed by atoms with E-state index in [4.69, 9.17) is 9.47 Å². The number of benzene rings is 1. The second-order valence-corrected chi connectivity index (χ2v) is 5.93. The van der Waals surface area contributed by atoms with E-state index in [0.717, 1.165) is 44.3 Å². The van der Waals surface area contributed by atoms with E-state index in [9.17, 15) is 4.79 Å². The van der Waals surface area contributed by atoms with Crippen LogP contribution in [0.1, 0.15) is 31.2 Å². The van der Waals surface area contributed by atoms with Crippen LogP contribution in [-0.2, 0) is 16.1 Å². The van der Waals surface area contributed by atoms with Crippen LogP contribution in [0.4, 0.5) is 4.79 Å². The predicted octanol–water partition coefficient (Wildman–Crippen LogP) is 3.52. The molecule has 1 aliphatic heterocycles. The summed E-state index contributed by atoms with van der Waals surface area (Å²) >= 11 is 0. The van der Waals surface area contributed by atoms with Crippen molar-refractivity contribution < 1.29 is 14.3 Å². The predicted molar refractivity (Wildman–Crippen MR) is 84.5 cm³/mol. The first-order valence-corrected chi connectivity index (χ1v) is 8.07. The second kappa shape index (κ2) is 7.45. The van der Waals surface area contributed by atoms with Gasteiger partial charge in [-0.3, -0.25) is 0 Å². The smallest absolute Gasteiger partial charge is 0.410 e. The van der Waals surface area contributed by atoms with Crippen molar-refractivity contribution >= 4 is 6.09 Å². The van der Waals surface area contributed by atoms with E-state index < -0.39 is 0 Å². The Morgan fingerprint density at radius 1 is 1.05 bits per heavy atom. The lowest BCUT2D eigenvalue weighted by atomic mass is 10.1. The summed E-state index contributed by atoms with van der Waals surface area (Å²) in [4.78, 5) is 13.9. The summed E-state index contributed by atoms with van der Waals surface area (Å²) < 4.78 is 11.4. The zero-order valence-corrected chi connectivity index (χ0v) is 12.8. The zero-order chi connectivity index (χ0) is 15.2. The van der Waals surface area contributed by atoms with Gasteiger partial charge in [0.15, 0.2) is 0 Å². The van der Waals surface area contributed by atoms with Crippen LogP contribution in [0.5, 0.6) is 0 Å². The van der Waals surface area contributed by atoms with Gasteiger partial charge in [-0.25, -0.2) is 4.79 Å². The second-order valence-electron chi connectivity index (χ2n) is 5.93. The minimum absolute atomic E-state index is 0.218. The molecule has 118 valence electrons. The summed E-state index contributed by atoms with van der Waals surface area (Å²) in [7, 11) is 0. The standard InChI is InChI=1S/C18H23NO3/c20-18(21-14-15-6-2-1-3-7-15)19-12-10-17(11-13-19)22-16-8-4-5-9-16/h1-7,16-17H,8-14H2. The summed E-state index contributed by atoms with van der Waals surface area (Å²) in [6.45, 7) is 1.78. The monoisotopic (exact) mass is 301 g/mol. The maximum Gasteiger partial charge on any atom is 0.410 e. The molecule has 22 heavy (non-hydrogen) atoms. The van der Waals surface area contributed by atoms with Crippen LogP contribution in [0.3, 0.4) is 0 Å². The Bertz CT molecular complexity index is 498. The van der Waals surface area contributed by atoms with Crippen LogP contribution < -0.4 is 0 Å². The molecule has 0 bridgehead atoms. The zero-order valence-electron chi connectivity index (χ0n) is 12.8. The minimum atomic E-state index is -0.218. The molecular weight excluding hydrogens is 278 g/mol. The normalized spacial score (nSPS) is 19.5. The molecule has 0 N–H and O–H groups in total. The molecule has 0 radical (unpaired) electrons. The molecule has 1 aliphatic carbocycles. The Balaban J connectivity index is 1.38. The average Bonchev–Trinajstić information content (AvgIpc) is 3.07. The molecule has 4 heteroatoms. The van der Waals surface area contributed by atoms with Gasteiger partial charge >= 0.3 is 6.09 Å². The van der Waals surface area contributed by atoms with Crippen molar-refractivity contribution in [1.82, 2.24) is 4.90 Å². The molecule has 1 aromatic carbocycles. The maximum absolute atomic E-state index is 12.1. The van der Waals surface area contributed by atoms with Gasteiger partial charge in [0.1, 0.15) is 6.61 Å². The largest absolute Gasteiger partial charge is 0.445 e. The highest BCUT2D eigenvalue weighted by Crippen LogP contribution is 2.21. The van der Waals surface area contributed by atoms with Gasteiger partial charge in [-0.1, -0.05) is 42.5 Å². The first-order valence-electron chi connectivity index (χ1n) is 8.07. The fourth-order valence-corrected chi connectivity index (χ4v) is 2.96. The van der Waals surface area contributed by atoms with Crippen molar-refractivity contribution in [2.45, 2.75) is 44.5 Å². The van der Waals surface area contributed by atoms with Crippen LogP contribution in [0.15, 0.2) is 42.5 Å². The minimum Gasteiger partial charge on any atom is -0.445 e. The van der Waals surface area contributed by atoms with E-state index in [1.54, 1.807) is 4.90 Å². The third-order valence-corrected chi connectivity index (χ3v) is 4.25. The first-order chi connectivity index (χ1) is 10.8. The number of rotatable bonds is 4. The topological polar surface area (TPSA) is 38.8 Å². The van der Waals surface area contributed by atoms with Gasteiger partial charge in [0.2, 0.25) is 0 Å². The fourth-order valence-electron chi connectivity index (χ4n) is 2.96. The van der Waals surface area contributed by atoms with Gasteiger partial charge in [0, 0.05) is 13.1 Å². The number of hydrogen-bond donors (Lipinski definition) is 0. The third kappa shape index (κ3) is 4.10. The van der Waals surface area contributed by atoms with Crippen molar-refractivity contribution in [2.24, 2.45) is 0 Å². The van der Waals surface area contributed by atoms with Gasteiger partial charge in [-0.15, -0.1) is 0 Å². The van der Waals surface area contributed by atoms with Crippen LogP contribution in [0, 0.1) is 0 Å². The van der Waals surface area contributed by atoms with E-state index in [1.807, 2.05) is 30.3 Å². The molecule has 0 spiro atoms. The van der Waals surface area contributed by atoms with E-state index in [2.05, 4.69) is 12.2 Å². The third-order valence-electron chi connectivity index (χ3n) is 4.25. The molecule has 1 heterocycles. The van der Waals surface area contributed by atoms with Crippen molar-refractivity contribution in [3.05, 3.63) is 48.0 Å². The highest BCUT2D eigenvalue weighted by Gasteiger charge is 2.26. The van der Waals surface area contributed by atoms with Crippen LogP contribution in [-0.4, -0.2) is 36.3 Å². The molecule has 3 rings (SSSR count). The van der Waals surface area contributed by atoms with Crippen molar-refractivity contribution in [3.8, 4) is 0 Å². The SMILES string of the molecule is O=C(OCc1ccccc1)N1CCC(OC2CC=CC2)CC1. The number of carbonyl (C=O) groups excluding carboxylic acids is 1. The summed E-state index contributed by atoms with van der Waals surface area (Å²) in [5.41, 5.74) is 1.02.